The van der Waals surface area contributed by atoms with E-state index in [9.17, 15) is 19.8 Å². The van der Waals surface area contributed by atoms with Gasteiger partial charge in [-0.2, -0.15) is 0 Å². The maximum Gasteiger partial charge on any atom is 0.339 e. The van der Waals surface area contributed by atoms with Gasteiger partial charge in [0.2, 0.25) is 0 Å². The summed E-state index contributed by atoms with van der Waals surface area (Å²) in [7, 11) is 3.13. The second-order valence-corrected chi connectivity index (χ2v) is 7.35. The number of carboxylic acid groups (broad SMARTS) is 1. The van der Waals surface area contributed by atoms with E-state index in [2.05, 4.69) is 0 Å². The lowest BCUT2D eigenvalue weighted by atomic mass is 9.59. The fourth-order valence-corrected chi connectivity index (χ4v) is 4.92. The lowest BCUT2D eigenvalue weighted by Gasteiger charge is -2.46. The molecule has 4 atom stereocenters. The number of rotatable bonds is 3. The maximum absolute atomic E-state index is 12.4. The van der Waals surface area contributed by atoms with Crippen molar-refractivity contribution in [3.05, 3.63) is 41.0 Å². The quantitative estimate of drug-likeness (QED) is 0.795. The predicted molar refractivity (Wildman–Crippen MR) is 97.8 cm³/mol. The smallest absolute Gasteiger partial charge is 0.339 e. The Labute approximate surface area is 157 Å². The van der Waals surface area contributed by atoms with Crippen molar-refractivity contribution in [2.75, 3.05) is 14.2 Å². The van der Waals surface area contributed by atoms with Gasteiger partial charge in [0.1, 0.15) is 5.57 Å². The molecule has 2 N–H and O–H groups in total. The molecule has 27 heavy (non-hydrogen) atoms. The van der Waals surface area contributed by atoms with Crippen LogP contribution in [-0.4, -0.2) is 42.3 Å². The van der Waals surface area contributed by atoms with Crippen LogP contribution in [0.5, 0.6) is 11.5 Å². The predicted octanol–water partition coefficient (Wildman–Crippen LogP) is 2.56. The topological polar surface area (TPSA) is 93.1 Å². The second-order valence-electron chi connectivity index (χ2n) is 7.35. The van der Waals surface area contributed by atoms with E-state index in [1.54, 1.807) is 14.2 Å². The molecule has 1 aromatic rings. The Bertz CT molecular complexity index is 881. The molecular weight excluding hydrogens is 348 g/mol. The summed E-state index contributed by atoms with van der Waals surface area (Å²) in [5.74, 6) is -0.958. The molecule has 1 aromatic carbocycles. The number of carbonyl (C=O) groups is 2. The average molecular weight is 370 g/mol. The summed E-state index contributed by atoms with van der Waals surface area (Å²) in [6.45, 7) is 0. The van der Waals surface area contributed by atoms with Gasteiger partial charge in [-0.25, -0.2) is 4.79 Å². The van der Waals surface area contributed by atoms with Crippen LogP contribution in [0.3, 0.4) is 0 Å². The van der Waals surface area contributed by atoms with Gasteiger partial charge in [-0.3, -0.25) is 4.79 Å². The van der Waals surface area contributed by atoms with Crippen molar-refractivity contribution in [3.8, 4) is 11.5 Å². The minimum Gasteiger partial charge on any atom is -0.493 e. The Hall–Kier alpha value is -2.60. The zero-order chi connectivity index (χ0) is 19.3. The van der Waals surface area contributed by atoms with Crippen LogP contribution < -0.4 is 9.47 Å². The van der Waals surface area contributed by atoms with Crippen LogP contribution in [0.15, 0.2) is 29.9 Å². The van der Waals surface area contributed by atoms with Gasteiger partial charge >= 0.3 is 5.97 Å². The number of benzene rings is 1. The largest absolute Gasteiger partial charge is 0.493 e. The SMILES string of the molecule is COc1cc2c(cc1OC)C1CCCC(O)C1C1C=C(C(=O)O)C(=O)C=C21. The van der Waals surface area contributed by atoms with Crippen LogP contribution in [-0.2, 0) is 9.59 Å². The number of carboxylic acids is 1. The Morgan fingerprint density at radius 1 is 1.15 bits per heavy atom. The van der Waals surface area contributed by atoms with Crippen LogP contribution in [0.2, 0.25) is 0 Å². The van der Waals surface area contributed by atoms with Gasteiger partial charge in [-0.1, -0.05) is 12.5 Å². The third kappa shape index (κ3) is 2.67. The number of hydrogen-bond acceptors (Lipinski definition) is 5. The Morgan fingerprint density at radius 2 is 1.85 bits per heavy atom. The minimum atomic E-state index is -1.23. The van der Waals surface area contributed by atoms with E-state index < -0.39 is 17.9 Å². The molecule has 6 heteroatoms. The molecule has 142 valence electrons. The van der Waals surface area contributed by atoms with Crippen LogP contribution in [0.4, 0.5) is 0 Å². The summed E-state index contributed by atoms with van der Waals surface area (Å²) in [5.41, 5.74) is 2.44. The Morgan fingerprint density at radius 3 is 2.52 bits per heavy atom. The number of aliphatic hydroxyl groups is 1. The molecule has 0 saturated heterocycles. The molecule has 6 nitrogen and oxygen atoms in total. The molecule has 4 unspecified atom stereocenters. The molecule has 4 rings (SSSR count). The van der Waals surface area contributed by atoms with Gasteiger partial charge in [-0.15, -0.1) is 0 Å². The number of aliphatic carboxylic acids is 1. The van der Waals surface area contributed by atoms with E-state index >= 15 is 0 Å². The molecule has 0 bridgehead atoms. The molecule has 1 fully saturated rings. The minimum absolute atomic E-state index is 0.0743. The first-order valence-electron chi connectivity index (χ1n) is 9.11. The van der Waals surface area contributed by atoms with Crippen LogP contribution >= 0.6 is 0 Å². The van der Waals surface area contributed by atoms with E-state index in [4.69, 9.17) is 9.47 Å². The van der Waals surface area contributed by atoms with Crippen molar-refractivity contribution in [1.29, 1.82) is 0 Å². The number of hydrogen-bond donors (Lipinski definition) is 2. The highest BCUT2D eigenvalue weighted by Gasteiger charge is 2.46. The van der Waals surface area contributed by atoms with Gasteiger partial charge in [0, 0.05) is 11.8 Å². The van der Waals surface area contributed by atoms with E-state index in [0.717, 1.165) is 29.5 Å². The van der Waals surface area contributed by atoms with Gasteiger partial charge < -0.3 is 19.7 Å². The highest BCUT2D eigenvalue weighted by molar-refractivity contribution is 6.24. The summed E-state index contributed by atoms with van der Waals surface area (Å²) in [4.78, 5) is 23.9. The van der Waals surface area contributed by atoms with E-state index in [1.807, 2.05) is 12.1 Å². The van der Waals surface area contributed by atoms with Crippen molar-refractivity contribution in [1.82, 2.24) is 0 Å². The van der Waals surface area contributed by atoms with Crippen molar-refractivity contribution >= 4 is 17.3 Å². The number of carbonyl (C=O) groups excluding carboxylic acids is 1. The molecule has 0 spiro atoms. The molecule has 3 aliphatic carbocycles. The first-order chi connectivity index (χ1) is 13.0. The fraction of sp³-hybridized carbons (Fsp3) is 0.429. The zero-order valence-electron chi connectivity index (χ0n) is 15.3. The molecule has 1 saturated carbocycles. The number of allylic oxidation sites excluding steroid dienone is 3. The standard InChI is InChI=1S/C21H22O6/c1-26-18-8-12-10-4-3-5-16(22)20(10)14-6-15(21(24)25)17(23)7-11(14)13(12)9-19(18)27-2/h6-10,14,16,20,22H,3-5H2,1-2H3,(H,24,25). The van der Waals surface area contributed by atoms with Crippen molar-refractivity contribution < 1.29 is 29.3 Å². The monoisotopic (exact) mass is 370 g/mol. The normalized spacial score (nSPS) is 28.9. The van der Waals surface area contributed by atoms with Crippen LogP contribution in [0, 0.1) is 11.8 Å². The maximum atomic E-state index is 12.4. The molecule has 0 radical (unpaired) electrons. The zero-order valence-corrected chi connectivity index (χ0v) is 15.3. The van der Waals surface area contributed by atoms with Gasteiger partial charge in [0.25, 0.3) is 0 Å². The second kappa shape index (κ2) is 6.53. The van der Waals surface area contributed by atoms with Crippen molar-refractivity contribution in [2.45, 2.75) is 31.3 Å². The van der Waals surface area contributed by atoms with Gasteiger partial charge in [0.15, 0.2) is 17.3 Å². The summed E-state index contributed by atoms with van der Waals surface area (Å²) >= 11 is 0. The van der Waals surface area contributed by atoms with E-state index in [-0.39, 0.29) is 23.3 Å². The van der Waals surface area contributed by atoms with E-state index in [0.29, 0.717) is 17.9 Å². The first-order valence-corrected chi connectivity index (χ1v) is 9.11. The number of ketones is 1. The fourth-order valence-electron chi connectivity index (χ4n) is 4.92. The molecule has 0 heterocycles. The molecular formula is C21H22O6. The number of fused-ring (bicyclic) bond motifs is 6. The lowest BCUT2D eigenvalue weighted by Crippen LogP contribution is -2.41. The van der Waals surface area contributed by atoms with Crippen LogP contribution in [0.25, 0.3) is 5.57 Å². The molecule has 0 aliphatic heterocycles. The molecule has 3 aliphatic rings. The van der Waals surface area contributed by atoms with Gasteiger partial charge in [-0.05, 0) is 53.7 Å². The molecule has 0 amide bonds. The highest BCUT2D eigenvalue weighted by atomic mass is 16.5. The third-order valence-electron chi connectivity index (χ3n) is 6.09. The molecule has 0 aromatic heterocycles. The third-order valence-corrected chi connectivity index (χ3v) is 6.09. The summed E-state index contributed by atoms with van der Waals surface area (Å²) < 4.78 is 10.9. The Kier molecular flexibility index (Phi) is 4.30. The number of aliphatic hydroxyl groups excluding tert-OH is 1. The highest BCUT2D eigenvalue weighted by Crippen LogP contribution is 2.55. The number of methoxy groups -OCH3 is 2. The summed E-state index contributed by atoms with van der Waals surface area (Å²) in [6.07, 6.45) is 4.88. The van der Waals surface area contributed by atoms with Crippen molar-refractivity contribution in [2.24, 2.45) is 11.8 Å². The lowest BCUT2D eigenvalue weighted by molar-refractivity contribution is -0.134. The summed E-state index contributed by atoms with van der Waals surface area (Å²) in [5, 5.41) is 20.1. The van der Waals surface area contributed by atoms with E-state index in [1.165, 1.54) is 12.2 Å². The summed E-state index contributed by atoms with van der Waals surface area (Å²) in [6, 6.07) is 3.79. The van der Waals surface area contributed by atoms with Crippen molar-refractivity contribution in [3.63, 3.8) is 0 Å². The number of ether oxygens (including phenoxy) is 2. The average Bonchev–Trinajstić information content (AvgIpc) is 2.66. The Balaban J connectivity index is 1.95. The van der Waals surface area contributed by atoms with Gasteiger partial charge in [0.05, 0.1) is 20.3 Å². The van der Waals surface area contributed by atoms with Crippen LogP contribution in [0.1, 0.15) is 36.3 Å². The first kappa shape index (κ1) is 17.8.